The quantitative estimate of drug-likeness (QED) is 0.745. The third-order valence-electron chi connectivity index (χ3n) is 3.39. The van der Waals surface area contributed by atoms with Crippen molar-refractivity contribution in [3.05, 3.63) is 22.6 Å². The second-order valence-corrected chi connectivity index (χ2v) is 5.28. The molecule has 0 unspecified atom stereocenters. The molecular formula is C13H14ClFN4O2. The van der Waals surface area contributed by atoms with E-state index in [0.29, 0.717) is 6.42 Å². The van der Waals surface area contributed by atoms with Crippen LogP contribution in [0.3, 0.4) is 0 Å². The highest BCUT2D eigenvalue weighted by molar-refractivity contribution is 6.30. The normalized spacial score (nSPS) is 21.4. The standard InChI is InChI=1S/C13H14ClFN4O2/c14-11-7(6-16)4-10(15)12(19-11)17-8-2-1-3-9(5-8)18-13(20)21/h4,8-9,18H,1-3,5H2,(H,17,19)(H,20,21)/t8-,9+/m0/s1. The molecule has 6 nitrogen and oxygen atoms in total. The lowest BCUT2D eigenvalue weighted by Crippen LogP contribution is -2.41. The molecule has 0 saturated heterocycles. The Morgan fingerprint density at radius 2 is 2.24 bits per heavy atom. The molecule has 112 valence electrons. The summed E-state index contributed by atoms with van der Waals surface area (Å²) < 4.78 is 13.8. The molecule has 1 saturated carbocycles. The summed E-state index contributed by atoms with van der Waals surface area (Å²) in [7, 11) is 0. The van der Waals surface area contributed by atoms with E-state index in [1.165, 1.54) is 0 Å². The largest absolute Gasteiger partial charge is 0.465 e. The highest BCUT2D eigenvalue weighted by Gasteiger charge is 2.24. The van der Waals surface area contributed by atoms with Crippen LogP contribution in [0.25, 0.3) is 0 Å². The average molecular weight is 313 g/mol. The lowest BCUT2D eigenvalue weighted by atomic mass is 9.91. The number of nitrogens with zero attached hydrogens (tertiary/aromatic N) is 2. The molecule has 1 heterocycles. The number of nitrogens with one attached hydrogen (secondary N) is 2. The number of aromatic nitrogens is 1. The summed E-state index contributed by atoms with van der Waals surface area (Å²) in [6, 6.07) is 2.54. The molecule has 0 bridgehead atoms. The topological polar surface area (TPSA) is 98.0 Å². The third-order valence-corrected chi connectivity index (χ3v) is 3.68. The van der Waals surface area contributed by atoms with E-state index in [1.54, 1.807) is 6.07 Å². The van der Waals surface area contributed by atoms with Gasteiger partial charge in [0.05, 0.1) is 5.56 Å². The zero-order valence-electron chi connectivity index (χ0n) is 11.1. The molecular weight excluding hydrogens is 299 g/mol. The number of amides is 1. The molecule has 1 aliphatic carbocycles. The average Bonchev–Trinajstić information content (AvgIpc) is 2.42. The van der Waals surface area contributed by atoms with E-state index in [4.69, 9.17) is 22.0 Å². The summed E-state index contributed by atoms with van der Waals surface area (Å²) in [6.45, 7) is 0. The zero-order chi connectivity index (χ0) is 15.4. The van der Waals surface area contributed by atoms with E-state index < -0.39 is 11.9 Å². The first-order valence-corrected chi connectivity index (χ1v) is 6.89. The van der Waals surface area contributed by atoms with Gasteiger partial charge >= 0.3 is 6.09 Å². The van der Waals surface area contributed by atoms with Crippen molar-refractivity contribution in [1.82, 2.24) is 10.3 Å². The second kappa shape index (κ2) is 6.59. The molecule has 8 heteroatoms. The van der Waals surface area contributed by atoms with Crippen LogP contribution >= 0.6 is 11.6 Å². The van der Waals surface area contributed by atoms with Crippen LogP contribution in [0.1, 0.15) is 31.2 Å². The van der Waals surface area contributed by atoms with Crippen LogP contribution in [0.2, 0.25) is 5.15 Å². The van der Waals surface area contributed by atoms with E-state index in [1.807, 2.05) is 0 Å². The Morgan fingerprint density at radius 1 is 1.52 bits per heavy atom. The van der Waals surface area contributed by atoms with Gasteiger partial charge in [-0.3, -0.25) is 0 Å². The number of pyridine rings is 1. The Kier molecular flexibility index (Phi) is 4.81. The lowest BCUT2D eigenvalue weighted by molar-refractivity contribution is 0.185. The van der Waals surface area contributed by atoms with Crippen molar-refractivity contribution in [3.8, 4) is 6.07 Å². The first-order chi connectivity index (χ1) is 9.99. The van der Waals surface area contributed by atoms with E-state index in [0.717, 1.165) is 25.3 Å². The second-order valence-electron chi connectivity index (χ2n) is 4.92. The molecule has 2 atom stereocenters. The molecule has 0 aliphatic heterocycles. The Morgan fingerprint density at radius 3 is 2.90 bits per heavy atom. The van der Waals surface area contributed by atoms with Crippen molar-refractivity contribution < 1.29 is 14.3 Å². The van der Waals surface area contributed by atoms with Crippen molar-refractivity contribution >= 4 is 23.5 Å². The maximum absolute atomic E-state index is 13.8. The molecule has 1 aliphatic rings. The van der Waals surface area contributed by atoms with Gasteiger partial charge in [-0.15, -0.1) is 0 Å². The van der Waals surface area contributed by atoms with Crippen LogP contribution in [0.4, 0.5) is 15.0 Å². The molecule has 0 aromatic carbocycles. The fraction of sp³-hybridized carbons (Fsp3) is 0.462. The maximum atomic E-state index is 13.8. The van der Waals surface area contributed by atoms with E-state index in [9.17, 15) is 9.18 Å². The van der Waals surface area contributed by atoms with Gasteiger partial charge < -0.3 is 15.7 Å². The van der Waals surface area contributed by atoms with Gasteiger partial charge in [-0.2, -0.15) is 5.26 Å². The minimum Gasteiger partial charge on any atom is -0.465 e. The summed E-state index contributed by atoms with van der Waals surface area (Å²) >= 11 is 5.79. The van der Waals surface area contributed by atoms with Crippen molar-refractivity contribution in [2.75, 3.05) is 5.32 Å². The Labute approximate surface area is 125 Å². The molecule has 21 heavy (non-hydrogen) atoms. The van der Waals surface area contributed by atoms with Gasteiger partial charge in [-0.05, 0) is 31.7 Å². The number of carbonyl (C=O) groups is 1. The van der Waals surface area contributed by atoms with Gasteiger partial charge in [0.25, 0.3) is 0 Å². The molecule has 3 N–H and O–H groups in total. The molecule has 2 rings (SSSR count). The molecule has 0 spiro atoms. The monoisotopic (exact) mass is 312 g/mol. The summed E-state index contributed by atoms with van der Waals surface area (Å²) in [6.07, 6.45) is 1.86. The number of hydrogen-bond acceptors (Lipinski definition) is 4. The maximum Gasteiger partial charge on any atom is 0.404 e. The van der Waals surface area contributed by atoms with Gasteiger partial charge in [-0.25, -0.2) is 14.2 Å². The van der Waals surface area contributed by atoms with Crippen LogP contribution in [0.5, 0.6) is 0 Å². The Hall–Kier alpha value is -2.07. The summed E-state index contributed by atoms with van der Waals surface area (Å²) in [5.74, 6) is -0.663. The SMILES string of the molecule is N#Cc1cc(F)c(N[C@H]2CCC[C@@H](NC(=O)O)C2)nc1Cl. The zero-order valence-corrected chi connectivity index (χ0v) is 11.8. The lowest BCUT2D eigenvalue weighted by Gasteiger charge is -2.30. The summed E-state index contributed by atoms with van der Waals surface area (Å²) in [5.41, 5.74) is -0.0196. The van der Waals surface area contributed by atoms with E-state index in [2.05, 4.69) is 15.6 Å². The van der Waals surface area contributed by atoms with Crippen LogP contribution in [0, 0.1) is 17.1 Å². The fourth-order valence-corrected chi connectivity index (χ4v) is 2.65. The van der Waals surface area contributed by atoms with Crippen LogP contribution < -0.4 is 10.6 Å². The number of carboxylic acid groups (broad SMARTS) is 1. The third kappa shape index (κ3) is 3.95. The van der Waals surface area contributed by atoms with Crippen LogP contribution in [-0.4, -0.2) is 28.3 Å². The predicted molar refractivity (Wildman–Crippen MR) is 74.7 cm³/mol. The van der Waals surface area contributed by atoms with Crippen molar-refractivity contribution in [1.29, 1.82) is 5.26 Å². The molecule has 1 amide bonds. The Bertz CT molecular complexity index is 590. The number of halogens is 2. The predicted octanol–water partition coefficient (Wildman–Crippen LogP) is 2.74. The van der Waals surface area contributed by atoms with Crippen molar-refractivity contribution in [2.24, 2.45) is 0 Å². The molecule has 1 aromatic heterocycles. The highest BCUT2D eigenvalue weighted by atomic mass is 35.5. The van der Waals surface area contributed by atoms with Gasteiger partial charge in [0.15, 0.2) is 11.6 Å². The minimum absolute atomic E-state index is 0.0139. The number of anilines is 1. The highest BCUT2D eigenvalue weighted by Crippen LogP contribution is 2.25. The van der Waals surface area contributed by atoms with Gasteiger partial charge in [0.2, 0.25) is 0 Å². The van der Waals surface area contributed by atoms with Gasteiger partial charge in [-0.1, -0.05) is 11.6 Å². The molecule has 1 aromatic rings. The number of hydrogen-bond donors (Lipinski definition) is 3. The van der Waals surface area contributed by atoms with Crippen molar-refractivity contribution in [2.45, 2.75) is 37.8 Å². The fourth-order valence-electron chi connectivity index (χ4n) is 2.47. The van der Waals surface area contributed by atoms with Crippen molar-refractivity contribution in [3.63, 3.8) is 0 Å². The number of rotatable bonds is 3. The van der Waals surface area contributed by atoms with Gasteiger partial charge in [0, 0.05) is 12.1 Å². The first-order valence-electron chi connectivity index (χ1n) is 6.51. The summed E-state index contributed by atoms with van der Waals surface area (Å²) in [4.78, 5) is 14.5. The van der Waals surface area contributed by atoms with Gasteiger partial charge in [0.1, 0.15) is 11.2 Å². The van der Waals surface area contributed by atoms with E-state index >= 15 is 0 Å². The molecule has 1 fully saturated rings. The minimum atomic E-state index is -1.06. The van der Waals surface area contributed by atoms with Crippen LogP contribution in [0.15, 0.2) is 6.07 Å². The molecule has 0 radical (unpaired) electrons. The summed E-state index contributed by atoms with van der Waals surface area (Å²) in [5, 5.41) is 22.8. The number of nitriles is 1. The smallest absolute Gasteiger partial charge is 0.404 e. The Balaban J connectivity index is 2.06. The van der Waals surface area contributed by atoms with E-state index in [-0.39, 0.29) is 28.6 Å². The first kappa shape index (κ1) is 15.3. The van der Waals surface area contributed by atoms with Crippen LogP contribution in [-0.2, 0) is 0 Å².